The Kier molecular flexibility index (Phi) is 5.31. The van der Waals surface area contributed by atoms with E-state index in [0.717, 1.165) is 6.42 Å². The van der Waals surface area contributed by atoms with Crippen molar-refractivity contribution in [2.45, 2.75) is 32.8 Å². The second-order valence-corrected chi connectivity index (χ2v) is 6.12. The van der Waals surface area contributed by atoms with Crippen LogP contribution in [0.2, 0.25) is 0 Å². The second-order valence-electron chi connectivity index (χ2n) is 6.12. The lowest BCUT2D eigenvalue weighted by Gasteiger charge is -2.18. The Morgan fingerprint density at radius 1 is 1.30 bits per heavy atom. The van der Waals surface area contributed by atoms with Crippen molar-refractivity contribution in [3.05, 3.63) is 18.2 Å². The molecule has 126 valence electrons. The van der Waals surface area contributed by atoms with Crippen molar-refractivity contribution >= 4 is 17.6 Å². The fraction of sp³-hybridized carbons (Fsp3) is 0.500. The van der Waals surface area contributed by atoms with Gasteiger partial charge in [0.05, 0.1) is 13.2 Å². The Balaban J connectivity index is 1.94. The lowest BCUT2D eigenvalue weighted by molar-refractivity contribution is -0.152. The van der Waals surface area contributed by atoms with Gasteiger partial charge in [0.2, 0.25) is 0 Å². The molecule has 0 saturated carbocycles. The minimum atomic E-state index is -0.539. The van der Waals surface area contributed by atoms with E-state index >= 15 is 0 Å². The maximum atomic E-state index is 11.6. The van der Waals surface area contributed by atoms with Gasteiger partial charge < -0.3 is 25.3 Å². The van der Waals surface area contributed by atoms with E-state index in [0.29, 0.717) is 30.4 Å². The van der Waals surface area contributed by atoms with Crippen LogP contribution in [0.3, 0.4) is 0 Å². The van der Waals surface area contributed by atoms with Gasteiger partial charge in [-0.2, -0.15) is 0 Å². The average Bonchev–Trinajstić information content (AvgIpc) is 2.68. The number of benzene rings is 1. The van der Waals surface area contributed by atoms with Gasteiger partial charge in [0.15, 0.2) is 17.5 Å². The zero-order valence-corrected chi connectivity index (χ0v) is 13.7. The molecule has 1 aromatic carbocycles. The molecule has 0 bridgehead atoms. The first-order chi connectivity index (χ1) is 10.8. The zero-order chi connectivity index (χ0) is 16.9. The molecule has 2 rings (SSSR count). The van der Waals surface area contributed by atoms with E-state index in [9.17, 15) is 4.79 Å². The molecule has 0 saturated heterocycles. The Labute approximate surface area is 135 Å². The summed E-state index contributed by atoms with van der Waals surface area (Å²) < 4.78 is 16.3. The van der Waals surface area contributed by atoms with Crippen LogP contribution in [-0.2, 0) is 9.53 Å². The Bertz CT molecular complexity index is 593. The van der Waals surface area contributed by atoms with Crippen molar-refractivity contribution in [1.29, 1.82) is 0 Å². The second kappa shape index (κ2) is 7.21. The summed E-state index contributed by atoms with van der Waals surface area (Å²) in [5.74, 6) is 1.07. The molecular formula is C16H23N3O4. The normalized spacial score (nSPS) is 14.8. The van der Waals surface area contributed by atoms with E-state index in [4.69, 9.17) is 19.9 Å². The van der Waals surface area contributed by atoms with Crippen LogP contribution in [0.15, 0.2) is 23.2 Å². The first-order valence-electron chi connectivity index (χ1n) is 7.52. The van der Waals surface area contributed by atoms with Gasteiger partial charge in [-0.05, 0) is 32.9 Å². The number of rotatable bonds is 3. The topological polar surface area (TPSA) is 95.2 Å². The molecule has 0 atom stereocenters. The number of nitrogens with two attached hydrogens (primary N) is 1. The summed E-state index contributed by atoms with van der Waals surface area (Å²) in [6.45, 7) is 6.51. The van der Waals surface area contributed by atoms with E-state index in [1.165, 1.54) is 0 Å². The van der Waals surface area contributed by atoms with Gasteiger partial charge in [-0.1, -0.05) is 0 Å². The van der Waals surface area contributed by atoms with Crippen molar-refractivity contribution in [3.8, 4) is 11.5 Å². The van der Waals surface area contributed by atoms with E-state index in [-0.39, 0.29) is 12.5 Å². The van der Waals surface area contributed by atoms with Crippen LogP contribution in [0.25, 0.3) is 0 Å². The number of guanidine groups is 1. The molecule has 0 amide bonds. The molecule has 0 aromatic heterocycles. The van der Waals surface area contributed by atoms with Crippen molar-refractivity contribution < 1.29 is 19.0 Å². The molecule has 0 spiro atoms. The summed E-state index contributed by atoms with van der Waals surface area (Å²) in [7, 11) is 0. The molecular weight excluding hydrogens is 298 g/mol. The van der Waals surface area contributed by atoms with E-state index in [2.05, 4.69) is 10.3 Å². The molecule has 1 aromatic rings. The molecule has 0 unspecified atom stereocenters. The van der Waals surface area contributed by atoms with Crippen molar-refractivity contribution in [3.63, 3.8) is 0 Å². The fourth-order valence-electron chi connectivity index (χ4n) is 1.95. The van der Waals surface area contributed by atoms with Crippen LogP contribution in [-0.4, -0.2) is 37.3 Å². The Morgan fingerprint density at radius 2 is 2.00 bits per heavy atom. The smallest absolute Gasteiger partial charge is 0.328 e. The first kappa shape index (κ1) is 16.9. The van der Waals surface area contributed by atoms with Gasteiger partial charge >= 0.3 is 5.97 Å². The summed E-state index contributed by atoms with van der Waals surface area (Å²) in [6.07, 6.45) is 0.844. The SMILES string of the molecule is CC(C)(C)OC(=O)CN=C(N)Nc1ccc2c(c1)OCCCO2. The summed E-state index contributed by atoms with van der Waals surface area (Å²) >= 11 is 0. The molecule has 0 fully saturated rings. The average molecular weight is 321 g/mol. The van der Waals surface area contributed by atoms with Crippen molar-refractivity contribution in [1.82, 2.24) is 0 Å². The number of carbonyl (C=O) groups excluding carboxylic acids is 1. The van der Waals surface area contributed by atoms with Gasteiger partial charge in [0.1, 0.15) is 12.1 Å². The van der Waals surface area contributed by atoms with Crippen LogP contribution in [0.4, 0.5) is 5.69 Å². The highest BCUT2D eigenvalue weighted by Crippen LogP contribution is 2.32. The number of esters is 1. The molecule has 1 heterocycles. The minimum absolute atomic E-state index is 0.130. The first-order valence-corrected chi connectivity index (χ1v) is 7.52. The summed E-state index contributed by atoms with van der Waals surface area (Å²) in [4.78, 5) is 15.6. The predicted octanol–water partition coefficient (Wildman–Crippen LogP) is 1.92. The lowest BCUT2D eigenvalue weighted by Crippen LogP contribution is -2.28. The summed E-state index contributed by atoms with van der Waals surface area (Å²) in [5, 5.41) is 2.92. The molecule has 0 radical (unpaired) electrons. The minimum Gasteiger partial charge on any atom is -0.490 e. The number of fused-ring (bicyclic) bond motifs is 1. The third kappa shape index (κ3) is 5.69. The Morgan fingerprint density at radius 3 is 2.70 bits per heavy atom. The van der Waals surface area contributed by atoms with Gasteiger partial charge in [0, 0.05) is 18.2 Å². The molecule has 0 aliphatic carbocycles. The highest BCUT2D eigenvalue weighted by atomic mass is 16.6. The molecule has 7 nitrogen and oxygen atoms in total. The zero-order valence-electron chi connectivity index (χ0n) is 13.7. The number of carbonyl (C=O) groups is 1. The number of anilines is 1. The van der Waals surface area contributed by atoms with Crippen molar-refractivity contribution in [2.24, 2.45) is 10.7 Å². The summed E-state index contributed by atoms with van der Waals surface area (Å²) in [6, 6.07) is 5.41. The number of nitrogens with zero attached hydrogens (tertiary/aromatic N) is 1. The van der Waals surface area contributed by atoms with Gasteiger partial charge in [0.25, 0.3) is 0 Å². The summed E-state index contributed by atoms with van der Waals surface area (Å²) in [5.41, 5.74) is 5.95. The van der Waals surface area contributed by atoms with E-state index in [1.54, 1.807) is 26.8 Å². The number of hydrogen-bond acceptors (Lipinski definition) is 5. The van der Waals surface area contributed by atoms with E-state index < -0.39 is 11.6 Å². The van der Waals surface area contributed by atoms with Crippen LogP contribution in [0.1, 0.15) is 27.2 Å². The molecule has 23 heavy (non-hydrogen) atoms. The third-order valence-electron chi connectivity index (χ3n) is 2.82. The predicted molar refractivity (Wildman–Crippen MR) is 88.0 cm³/mol. The number of aliphatic imine (C=N–C) groups is 1. The molecule has 1 aliphatic heterocycles. The van der Waals surface area contributed by atoms with Gasteiger partial charge in [-0.15, -0.1) is 0 Å². The van der Waals surface area contributed by atoms with Gasteiger partial charge in [-0.25, -0.2) is 4.99 Å². The maximum Gasteiger partial charge on any atom is 0.328 e. The highest BCUT2D eigenvalue weighted by Gasteiger charge is 2.16. The van der Waals surface area contributed by atoms with Crippen LogP contribution in [0, 0.1) is 0 Å². The van der Waals surface area contributed by atoms with Crippen LogP contribution >= 0.6 is 0 Å². The number of hydrogen-bond donors (Lipinski definition) is 2. The van der Waals surface area contributed by atoms with Crippen molar-refractivity contribution in [2.75, 3.05) is 25.1 Å². The van der Waals surface area contributed by atoms with Gasteiger partial charge in [-0.3, -0.25) is 4.79 Å². The fourth-order valence-corrected chi connectivity index (χ4v) is 1.95. The lowest BCUT2D eigenvalue weighted by atomic mass is 10.2. The largest absolute Gasteiger partial charge is 0.490 e. The number of nitrogens with one attached hydrogen (secondary N) is 1. The Hall–Kier alpha value is -2.44. The number of ether oxygens (including phenoxy) is 3. The quantitative estimate of drug-likeness (QED) is 0.502. The maximum absolute atomic E-state index is 11.6. The molecule has 7 heteroatoms. The van der Waals surface area contributed by atoms with E-state index in [1.807, 2.05) is 12.1 Å². The monoisotopic (exact) mass is 321 g/mol. The standard InChI is InChI=1S/C16H23N3O4/c1-16(2,3)23-14(20)10-18-15(17)19-11-5-6-12-13(9-11)22-8-4-7-21-12/h5-6,9H,4,7-8,10H2,1-3H3,(H3,17,18,19). The highest BCUT2D eigenvalue weighted by molar-refractivity contribution is 5.93. The molecule has 1 aliphatic rings. The van der Waals surface area contributed by atoms with Crippen LogP contribution < -0.4 is 20.5 Å². The van der Waals surface area contributed by atoms with Crippen LogP contribution in [0.5, 0.6) is 11.5 Å². The third-order valence-corrected chi connectivity index (χ3v) is 2.82. The molecule has 3 N–H and O–H groups in total.